The fourth-order valence-corrected chi connectivity index (χ4v) is 2.15. The van der Waals surface area contributed by atoms with Gasteiger partial charge < -0.3 is 0 Å². The fraction of sp³-hybridized carbons (Fsp3) is 0.909. The number of hydrogen-bond donors (Lipinski definition) is 0. The highest BCUT2D eigenvalue weighted by Gasteiger charge is 2.00. The maximum atomic E-state index is 10.8. The Morgan fingerprint density at radius 2 is 1.29 bits per heavy atom. The Hall–Kier alpha value is -0.0500. The molecular weight excluding hydrogens is 196 g/mol. The monoisotopic (exact) mass is 219 g/mol. The van der Waals surface area contributed by atoms with Crippen molar-refractivity contribution in [3.63, 3.8) is 0 Å². The molecule has 0 N–H and O–H groups in total. The van der Waals surface area contributed by atoms with Gasteiger partial charge >= 0.3 is 0 Å². The van der Waals surface area contributed by atoms with Crippen molar-refractivity contribution in [1.82, 2.24) is 0 Å². The van der Waals surface area contributed by atoms with Gasteiger partial charge in [0, 0.05) is 12.0 Å². The molecule has 0 amide bonds. The normalized spacial score (nSPS) is 11.9. The number of unbranched alkanes of at least 4 members (excludes halogenated alkanes) is 7. The van der Waals surface area contributed by atoms with Gasteiger partial charge in [0.1, 0.15) is 9.84 Å². The smallest absolute Gasteiger partial charge is 0.147 e. The lowest BCUT2D eigenvalue weighted by atomic mass is 10.1. The van der Waals surface area contributed by atoms with Gasteiger partial charge in [0.2, 0.25) is 0 Å². The van der Waals surface area contributed by atoms with Crippen LogP contribution in [0.2, 0.25) is 0 Å². The highest BCUT2D eigenvalue weighted by molar-refractivity contribution is 7.90. The van der Waals surface area contributed by atoms with E-state index in [4.69, 9.17) is 0 Å². The summed E-state index contributed by atoms with van der Waals surface area (Å²) >= 11 is 0. The molecule has 14 heavy (non-hydrogen) atoms. The maximum Gasteiger partial charge on any atom is 0.147 e. The van der Waals surface area contributed by atoms with Crippen LogP contribution in [0, 0.1) is 6.92 Å². The average Bonchev–Trinajstić information content (AvgIpc) is 2.08. The first-order valence-corrected chi connectivity index (χ1v) is 7.59. The summed E-state index contributed by atoms with van der Waals surface area (Å²) in [5.74, 6) is 0.353. The summed E-state index contributed by atoms with van der Waals surface area (Å²) in [6, 6.07) is 0. The quantitative estimate of drug-likeness (QED) is 0.559. The van der Waals surface area contributed by atoms with Gasteiger partial charge in [0.05, 0.1) is 0 Å². The zero-order valence-electron chi connectivity index (χ0n) is 9.30. The number of sulfone groups is 1. The molecule has 0 bridgehead atoms. The molecule has 85 valence electrons. The lowest BCUT2D eigenvalue weighted by Gasteiger charge is -2.00. The molecule has 0 aromatic rings. The van der Waals surface area contributed by atoms with Crippen molar-refractivity contribution in [3.8, 4) is 0 Å². The molecule has 0 aromatic carbocycles. The lowest BCUT2D eigenvalue weighted by molar-refractivity contribution is 0.578. The Labute approximate surface area is 89.0 Å². The second kappa shape index (κ2) is 8.27. The maximum absolute atomic E-state index is 10.8. The average molecular weight is 219 g/mol. The van der Waals surface area contributed by atoms with Gasteiger partial charge in [-0.3, -0.25) is 0 Å². The molecule has 0 aliphatic rings. The third-order valence-electron chi connectivity index (χ3n) is 2.27. The van der Waals surface area contributed by atoms with Crippen LogP contribution in [0.25, 0.3) is 0 Å². The topological polar surface area (TPSA) is 34.1 Å². The van der Waals surface area contributed by atoms with Crippen LogP contribution in [-0.2, 0) is 9.84 Å². The van der Waals surface area contributed by atoms with Crippen LogP contribution < -0.4 is 0 Å². The van der Waals surface area contributed by atoms with Crippen LogP contribution in [-0.4, -0.2) is 20.4 Å². The zero-order chi connectivity index (χ0) is 10.9. The van der Waals surface area contributed by atoms with E-state index in [0.29, 0.717) is 5.75 Å². The second-order valence-electron chi connectivity index (χ2n) is 3.96. The van der Waals surface area contributed by atoms with Crippen LogP contribution in [0.1, 0.15) is 51.4 Å². The summed E-state index contributed by atoms with van der Waals surface area (Å²) < 4.78 is 21.6. The van der Waals surface area contributed by atoms with Crippen molar-refractivity contribution in [2.45, 2.75) is 51.4 Å². The van der Waals surface area contributed by atoms with Gasteiger partial charge in [-0.2, -0.15) is 0 Å². The summed E-state index contributed by atoms with van der Waals surface area (Å²) in [5, 5.41) is 0. The third-order valence-corrected chi connectivity index (χ3v) is 3.30. The van der Waals surface area contributed by atoms with E-state index in [1.807, 2.05) is 0 Å². The van der Waals surface area contributed by atoms with Crippen molar-refractivity contribution in [2.24, 2.45) is 0 Å². The summed E-state index contributed by atoms with van der Waals surface area (Å²) in [5.41, 5.74) is 0. The summed E-state index contributed by atoms with van der Waals surface area (Å²) in [6.07, 6.45) is 10.4. The Morgan fingerprint density at radius 3 is 1.71 bits per heavy atom. The van der Waals surface area contributed by atoms with Gasteiger partial charge in [-0.1, -0.05) is 51.9 Å². The molecule has 0 rings (SSSR count). The summed E-state index contributed by atoms with van der Waals surface area (Å²) in [6.45, 7) is 3.79. The van der Waals surface area contributed by atoms with Gasteiger partial charge in [-0.05, 0) is 6.42 Å². The predicted octanol–water partition coefficient (Wildman–Crippen LogP) is 2.99. The molecule has 0 saturated carbocycles. The molecule has 0 aliphatic heterocycles. The van der Waals surface area contributed by atoms with Crippen molar-refractivity contribution in [1.29, 1.82) is 0 Å². The van der Waals surface area contributed by atoms with E-state index in [0.717, 1.165) is 19.3 Å². The van der Waals surface area contributed by atoms with Crippen LogP contribution in [0.3, 0.4) is 0 Å². The molecule has 0 saturated heterocycles. The van der Waals surface area contributed by atoms with Crippen molar-refractivity contribution in [2.75, 3.05) is 12.0 Å². The fourth-order valence-electron chi connectivity index (χ4n) is 1.42. The van der Waals surface area contributed by atoms with Gasteiger partial charge in [0.15, 0.2) is 0 Å². The van der Waals surface area contributed by atoms with E-state index >= 15 is 0 Å². The van der Waals surface area contributed by atoms with Crippen LogP contribution >= 0.6 is 0 Å². The molecule has 0 atom stereocenters. The van der Waals surface area contributed by atoms with Crippen molar-refractivity contribution >= 4 is 9.84 Å². The first kappa shape index (κ1) is 13.9. The van der Waals surface area contributed by atoms with Crippen LogP contribution in [0.15, 0.2) is 0 Å². The van der Waals surface area contributed by atoms with E-state index < -0.39 is 9.84 Å². The molecule has 3 heteroatoms. The Kier molecular flexibility index (Phi) is 8.24. The highest BCUT2D eigenvalue weighted by Crippen LogP contribution is 2.08. The molecule has 2 nitrogen and oxygen atoms in total. The third kappa shape index (κ3) is 11.9. The van der Waals surface area contributed by atoms with Gasteiger partial charge in [-0.25, -0.2) is 8.42 Å². The molecule has 0 aliphatic carbocycles. The zero-order valence-corrected chi connectivity index (χ0v) is 10.1. The minimum absolute atomic E-state index is 0.353. The van der Waals surface area contributed by atoms with Gasteiger partial charge in [0.25, 0.3) is 0 Å². The van der Waals surface area contributed by atoms with E-state index in [9.17, 15) is 8.42 Å². The first-order valence-electron chi connectivity index (χ1n) is 5.53. The first-order chi connectivity index (χ1) is 6.56. The standard InChI is InChI=1S/C11H23O2S/c1-3-4-5-6-7-8-9-10-11-14(2,12)13/h1,3-11H2,2H3. The van der Waals surface area contributed by atoms with Crippen molar-refractivity contribution < 1.29 is 8.42 Å². The molecule has 0 spiro atoms. The van der Waals surface area contributed by atoms with E-state index in [1.54, 1.807) is 0 Å². The largest absolute Gasteiger partial charge is 0.229 e. The Bertz CT molecular complexity index is 207. The van der Waals surface area contributed by atoms with Crippen molar-refractivity contribution in [3.05, 3.63) is 6.92 Å². The minimum Gasteiger partial charge on any atom is -0.229 e. The molecule has 0 heterocycles. The van der Waals surface area contributed by atoms with E-state index in [-0.39, 0.29) is 0 Å². The Balaban J connectivity index is 3.07. The Morgan fingerprint density at radius 1 is 0.857 bits per heavy atom. The van der Waals surface area contributed by atoms with Crippen LogP contribution in [0.5, 0.6) is 0 Å². The molecule has 0 aromatic heterocycles. The SMILES string of the molecule is [CH2]CCCCCCCCCS(C)(=O)=O. The van der Waals surface area contributed by atoms with E-state index in [1.165, 1.54) is 38.4 Å². The van der Waals surface area contributed by atoms with E-state index in [2.05, 4.69) is 6.92 Å². The second-order valence-corrected chi connectivity index (χ2v) is 6.22. The summed E-state index contributed by atoms with van der Waals surface area (Å²) in [4.78, 5) is 0. The van der Waals surface area contributed by atoms with Gasteiger partial charge in [-0.15, -0.1) is 0 Å². The molecular formula is C11H23O2S. The van der Waals surface area contributed by atoms with Crippen LogP contribution in [0.4, 0.5) is 0 Å². The molecule has 1 radical (unpaired) electrons. The lowest BCUT2D eigenvalue weighted by Crippen LogP contribution is -2.02. The summed E-state index contributed by atoms with van der Waals surface area (Å²) in [7, 11) is -2.73. The minimum atomic E-state index is -2.73. The number of rotatable bonds is 9. The molecule has 0 unspecified atom stereocenters. The molecule has 0 fully saturated rings. The highest BCUT2D eigenvalue weighted by atomic mass is 32.2. The number of hydrogen-bond acceptors (Lipinski definition) is 2. The predicted molar refractivity (Wildman–Crippen MR) is 62.0 cm³/mol.